The van der Waals surface area contributed by atoms with Gasteiger partial charge < -0.3 is 4.42 Å². The Morgan fingerprint density at radius 2 is 1.09 bits per heavy atom. The minimum absolute atomic E-state index is 0.934. The maximum atomic E-state index is 6.28. The number of fused-ring (bicyclic) bond motifs is 11. The molecule has 0 bridgehead atoms. The first-order valence-corrected chi connectivity index (χ1v) is 19.6. The molecule has 0 unspecified atom stereocenters. The average molecular weight is 705 g/mol. The molecule has 1 aliphatic rings. The molecule has 1 aliphatic carbocycles. The molecule has 0 radical (unpaired) electrons. The van der Waals surface area contributed by atoms with Crippen LogP contribution < -0.4 is 0 Å². The van der Waals surface area contributed by atoms with Crippen LogP contribution in [0.1, 0.15) is 18.4 Å². The Hall–Kier alpha value is -6.48. The van der Waals surface area contributed by atoms with Crippen LogP contribution in [0.5, 0.6) is 0 Å². The Labute approximate surface area is 315 Å². The van der Waals surface area contributed by atoms with Gasteiger partial charge in [-0.25, -0.2) is 0 Å². The molecule has 0 atom stereocenters. The fraction of sp³-hybridized carbons (Fsp3) is 0.0385. The summed E-state index contributed by atoms with van der Waals surface area (Å²) in [6.45, 7) is 0. The van der Waals surface area contributed by atoms with E-state index in [1.807, 2.05) is 17.4 Å². The van der Waals surface area contributed by atoms with Gasteiger partial charge in [-0.15, -0.1) is 11.3 Å². The van der Waals surface area contributed by atoms with Crippen LogP contribution in [0.4, 0.5) is 0 Å². The topological polar surface area (TPSA) is 13.1 Å². The van der Waals surface area contributed by atoms with Gasteiger partial charge in [-0.3, -0.25) is 0 Å². The quantitative estimate of drug-likeness (QED) is 0.167. The average Bonchev–Trinajstić information content (AvgIpc) is 3.79. The van der Waals surface area contributed by atoms with Crippen LogP contribution in [-0.4, -0.2) is 0 Å². The summed E-state index contributed by atoms with van der Waals surface area (Å²) >= 11 is 1.88. The van der Waals surface area contributed by atoms with Crippen molar-refractivity contribution in [3.63, 3.8) is 0 Å². The number of hydrogen-bond acceptors (Lipinski definition) is 2. The molecule has 0 aliphatic heterocycles. The maximum Gasteiger partial charge on any atom is 0.136 e. The molecule has 0 saturated heterocycles. The molecule has 1 nitrogen and oxygen atoms in total. The Kier molecular flexibility index (Phi) is 6.40. The normalized spacial score (nSPS) is 13.4. The van der Waals surface area contributed by atoms with Crippen molar-refractivity contribution in [2.45, 2.75) is 12.8 Å². The van der Waals surface area contributed by atoms with Crippen molar-refractivity contribution in [1.82, 2.24) is 0 Å². The third-order valence-electron chi connectivity index (χ3n) is 11.7. The molecule has 12 rings (SSSR count). The summed E-state index contributed by atoms with van der Waals surface area (Å²) in [5, 5.41) is 15.2. The summed E-state index contributed by atoms with van der Waals surface area (Å²) in [5.41, 5.74) is 9.74. The Balaban J connectivity index is 1.08. The lowest BCUT2D eigenvalue weighted by molar-refractivity contribution is 0.669. The van der Waals surface area contributed by atoms with Gasteiger partial charge in [-0.1, -0.05) is 133 Å². The molecule has 0 saturated carbocycles. The number of furan rings is 1. The van der Waals surface area contributed by atoms with Gasteiger partial charge >= 0.3 is 0 Å². The first kappa shape index (κ1) is 30.0. The number of benzene rings is 9. The van der Waals surface area contributed by atoms with Gasteiger partial charge in [0.1, 0.15) is 11.2 Å². The van der Waals surface area contributed by atoms with E-state index in [-0.39, 0.29) is 0 Å². The third kappa shape index (κ3) is 4.32. The molecular formula is C52H32OS. The Bertz CT molecular complexity index is 3390. The maximum absolute atomic E-state index is 6.28. The van der Waals surface area contributed by atoms with Crippen LogP contribution in [-0.2, 0) is 0 Å². The summed E-state index contributed by atoms with van der Waals surface area (Å²) < 4.78 is 8.89. The zero-order valence-electron chi connectivity index (χ0n) is 29.4. The second kappa shape index (κ2) is 11.5. The largest absolute Gasteiger partial charge is 0.456 e. The number of hydrogen-bond donors (Lipinski definition) is 0. The van der Waals surface area contributed by atoms with E-state index in [2.05, 4.69) is 164 Å². The third-order valence-corrected chi connectivity index (χ3v) is 12.9. The van der Waals surface area contributed by atoms with E-state index in [1.165, 1.54) is 107 Å². The zero-order valence-corrected chi connectivity index (χ0v) is 30.2. The van der Waals surface area contributed by atoms with Crippen LogP contribution in [0.25, 0.3) is 113 Å². The van der Waals surface area contributed by atoms with Gasteiger partial charge in [-0.2, -0.15) is 0 Å². The zero-order chi connectivity index (χ0) is 35.3. The number of thiophene rings is 1. The lowest BCUT2D eigenvalue weighted by Crippen LogP contribution is -1.96. The predicted octanol–water partition coefficient (Wildman–Crippen LogP) is 15.6. The standard InChI is InChI=1S/C52H32OS/c1-2-12-31(13-3-1)50-37-16-6-8-18-39(37)51(40-19-9-7-17-38(40)50)41-25-24-34(35-14-4-5-15-36(35)41)32-23-27-48-44(28-32)45-30-43-33(29-49(45)54-48)22-26-47-52(43)42-20-10-11-21-46(42)53-47/h1-2,4-12,14-30H,3,13H2. The van der Waals surface area contributed by atoms with Crippen molar-refractivity contribution in [3.05, 3.63) is 175 Å². The molecule has 54 heavy (non-hydrogen) atoms. The second-order valence-corrected chi connectivity index (χ2v) is 15.7. The monoisotopic (exact) mass is 704 g/mol. The van der Waals surface area contributed by atoms with Crippen molar-refractivity contribution >= 4 is 102 Å². The smallest absolute Gasteiger partial charge is 0.136 e. The van der Waals surface area contributed by atoms with Crippen molar-refractivity contribution in [2.75, 3.05) is 0 Å². The molecule has 252 valence electrons. The first-order valence-electron chi connectivity index (χ1n) is 18.8. The van der Waals surface area contributed by atoms with E-state index in [0.29, 0.717) is 0 Å². The SMILES string of the molecule is C1=CCCC(c2c3ccccc3c(-c3ccc(-c4ccc5sc6cc7ccc8oc9ccccc9c8c7cc6c5c4)c4ccccc34)c3ccccc23)=C1. The van der Waals surface area contributed by atoms with Gasteiger partial charge in [-0.05, 0) is 126 Å². The molecule has 2 heterocycles. The van der Waals surface area contributed by atoms with E-state index in [4.69, 9.17) is 4.42 Å². The fourth-order valence-corrected chi connectivity index (χ4v) is 10.4. The van der Waals surface area contributed by atoms with E-state index in [0.717, 1.165) is 24.0 Å². The Morgan fingerprint density at radius 1 is 0.444 bits per heavy atom. The lowest BCUT2D eigenvalue weighted by Gasteiger charge is -2.21. The highest BCUT2D eigenvalue weighted by atomic mass is 32.1. The molecule has 0 spiro atoms. The summed E-state index contributed by atoms with van der Waals surface area (Å²) in [5.74, 6) is 0. The summed E-state index contributed by atoms with van der Waals surface area (Å²) in [6, 6.07) is 56.3. The minimum atomic E-state index is 0.934. The highest BCUT2D eigenvalue weighted by Gasteiger charge is 2.20. The van der Waals surface area contributed by atoms with Crippen molar-refractivity contribution < 1.29 is 4.42 Å². The van der Waals surface area contributed by atoms with Gasteiger partial charge in [0.15, 0.2) is 0 Å². The number of para-hydroxylation sites is 1. The lowest BCUT2D eigenvalue weighted by atomic mass is 9.82. The van der Waals surface area contributed by atoms with Crippen LogP contribution in [0.3, 0.4) is 0 Å². The molecule has 9 aromatic carbocycles. The van der Waals surface area contributed by atoms with Crippen molar-refractivity contribution in [2.24, 2.45) is 0 Å². The second-order valence-electron chi connectivity index (χ2n) is 14.6. The Morgan fingerprint density at radius 3 is 1.83 bits per heavy atom. The minimum Gasteiger partial charge on any atom is -0.456 e. The summed E-state index contributed by atoms with van der Waals surface area (Å²) in [6.07, 6.45) is 8.96. The molecule has 2 aromatic heterocycles. The summed E-state index contributed by atoms with van der Waals surface area (Å²) in [7, 11) is 0. The molecule has 2 heteroatoms. The van der Waals surface area contributed by atoms with Gasteiger partial charge in [0.05, 0.1) is 0 Å². The van der Waals surface area contributed by atoms with Gasteiger partial charge in [0.2, 0.25) is 0 Å². The number of allylic oxidation sites excluding steroid dienone is 4. The summed E-state index contributed by atoms with van der Waals surface area (Å²) in [4.78, 5) is 0. The van der Waals surface area contributed by atoms with Crippen LogP contribution in [0, 0.1) is 0 Å². The van der Waals surface area contributed by atoms with Gasteiger partial charge in [0.25, 0.3) is 0 Å². The fourth-order valence-electron chi connectivity index (χ4n) is 9.33. The van der Waals surface area contributed by atoms with Crippen LogP contribution in [0.2, 0.25) is 0 Å². The van der Waals surface area contributed by atoms with Crippen molar-refractivity contribution in [1.29, 1.82) is 0 Å². The molecule has 0 amide bonds. The highest BCUT2D eigenvalue weighted by molar-refractivity contribution is 7.25. The van der Waals surface area contributed by atoms with E-state index < -0.39 is 0 Å². The predicted molar refractivity (Wildman–Crippen MR) is 234 cm³/mol. The van der Waals surface area contributed by atoms with Crippen molar-refractivity contribution in [3.8, 4) is 22.3 Å². The highest BCUT2D eigenvalue weighted by Crippen LogP contribution is 2.47. The van der Waals surface area contributed by atoms with Gasteiger partial charge in [0, 0.05) is 30.9 Å². The van der Waals surface area contributed by atoms with Crippen LogP contribution >= 0.6 is 11.3 Å². The van der Waals surface area contributed by atoms with E-state index in [1.54, 1.807) is 0 Å². The number of rotatable bonds is 3. The van der Waals surface area contributed by atoms with E-state index >= 15 is 0 Å². The molecule has 11 aromatic rings. The molecular weight excluding hydrogens is 673 g/mol. The molecule has 0 N–H and O–H groups in total. The molecule has 0 fully saturated rings. The van der Waals surface area contributed by atoms with Crippen LogP contribution in [0.15, 0.2) is 174 Å². The van der Waals surface area contributed by atoms with E-state index in [9.17, 15) is 0 Å². The first-order chi connectivity index (χ1) is 26.8.